The second-order valence-corrected chi connectivity index (χ2v) is 8.19. The number of aromatic hydroxyl groups is 1. The van der Waals surface area contributed by atoms with Crippen LogP contribution in [-0.2, 0) is 0 Å². The number of nitrogens with zero attached hydrogens (tertiary/aromatic N) is 3. The molecule has 1 fully saturated rings. The normalized spacial score (nSPS) is 19.1. The van der Waals surface area contributed by atoms with Crippen LogP contribution >= 0.6 is 12.2 Å². The number of anilines is 1. The number of rotatable bonds is 4. The molecule has 3 aromatic rings. The van der Waals surface area contributed by atoms with Crippen LogP contribution in [0.15, 0.2) is 54.7 Å². The third-order valence-corrected chi connectivity index (χ3v) is 5.90. The van der Waals surface area contributed by atoms with E-state index in [2.05, 4.69) is 53.5 Å². The fraction of sp³-hybridized carbons (Fsp3) is 0.304. The molecule has 5 nitrogen and oxygen atoms in total. The maximum Gasteiger partial charge on any atom is 0.174 e. The molecule has 1 aromatic carbocycles. The van der Waals surface area contributed by atoms with E-state index in [0.717, 1.165) is 11.4 Å². The average molecular weight is 407 g/mol. The molecule has 0 radical (unpaired) electrons. The molecule has 4 rings (SSSR count). The fourth-order valence-corrected chi connectivity index (χ4v) is 4.80. The summed E-state index contributed by atoms with van der Waals surface area (Å²) in [5, 5.41) is 13.9. The van der Waals surface area contributed by atoms with E-state index in [4.69, 9.17) is 12.2 Å². The van der Waals surface area contributed by atoms with Crippen molar-refractivity contribution in [1.29, 1.82) is 0 Å². The zero-order chi connectivity index (χ0) is 20.7. The lowest BCUT2D eigenvalue weighted by molar-refractivity contribution is 0.475. The van der Waals surface area contributed by atoms with Crippen LogP contribution in [0, 0.1) is 13.8 Å². The van der Waals surface area contributed by atoms with Crippen LogP contribution in [-0.4, -0.2) is 19.8 Å². The molecule has 2 aromatic heterocycles. The molecule has 0 spiro atoms. The van der Waals surface area contributed by atoms with Gasteiger partial charge in [-0.05, 0) is 87.9 Å². The Morgan fingerprint density at radius 3 is 2.41 bits per heavy atom. The molecule has 0 amide bonds. The first-order valence-electron chi connectivity index (χ1n) is 9.86. The minimum Gasteiger partial charge on any atom is -0.508 e. The van der Waals surface area contributed by atoms with E-state index in [1.165, 1.54) is 17.0 Å². The van der Waals surface area contributed by atoms with Gasteiger partial charge >= 0.3 is 0 Å². The molecule has 29 heavy (non-hydrogen) atoms. The van der Waals surface area contributed by atoms with Crippen LogP contribution in [0.5, 0.6) is 5.75 Å². The number of hydrogen-bond acceptors (Lipinski definition) is 3. The van der Waals surface area contributed by atoms with Crippen molar-refractivity contribution >= 4 is 23.0 Å². The molecule has 1 aliphatic rings. The molecule has 0 bridgehead atoms. The van der Waals surface area contributed by atoms with E-state index >= 15 is 0 Å². The van der Waals surface area contributed by atoms with Gasteiger partial charge in [-0.15, -0.1) is 0 Å². The average Bonchev–Trinajstić information content (AvgIpc) is 3.19. The lowest BCUT2D eigenvalue weighted by atomic mass is 9.96. The van der Waals surface area contributed by atoms with E-state index in [9.17, 15) is 5.11 Å². The minimum absolute atomic E-state index is 0.0411. The number of thiocarbonyl (C=S) groups is 1. The fourth-order valence-electron chi connectivity index (χ4n) is 4.46. The summed E-state index contributed by atoms with van der Waals surface area (Å²) in [5.41, 5.74) is 5.59. The Bertz CT molecular complexity index is 1030. The van der Waals surface area contributed by atoms with Crippen molar-refractivity contribution in [3.8, 4) is 5.75 Å². The van der Waals surface area contributed by atoms with Gasteiger partial charge in [0.25, 0.3) is 0 Å². The van der Waals surface area contributed by atoms with E-state index < -0.39 is 0 Å². The first-order valence-corrected chi connectivity index (χ1v) is 10.3. The zero-order valence-electron chi connectivity index (χ0n) is 17.1. The summed E-state index contributed by atoms with van der Waals surface area (Å²) in [5.74, 6) is 0.239. The maximum absolute atomic E-state index is 9.74. The Balaban J connectivity index is 1.88. The highest BCUT2D eigenvalue weighted by Crippen LogP contribution is 2.43. The van der Waals surface area contributed by atoms with Gasteiger partial charge in [0.1, 0.15) is 5.75 Å². The Hall–Kier alpha value is -2.86. The van der Waals surface area contributed by atoms with Gasteiger partial charge in [0.2, 0.25) is 0 Å². The largest absolute Gasteiger partial charge is 0.508 e. The topological polar surface area (TPSA) is 53.3 Å². The summed E-state index contributed by atoms with van der Waals surface area (Å²) < 4.78 is 2.36. The van der Waals surface area contributed by atoms with Gasteiger partial charge in [0.15, 0.2) is 5.11 Å². The summed E-state index contributed by atoms with van der Waals surface area (Å²) in [7, 11) is 0. The van der Waals surface area contributed by atoms with E-state index in [1.807, 2.05) is 36.5 Å². The maximum atomic E-state index is 9.74. The van der Waals surface area contributed by atoms with Gasteiger partial charge in [-0.1, -0.05) is 6.07 Å². The molecule has 0 saturated carbocycles. The second kappa shape index (κ2) is 7.52. The molecule has 1 saturated heterocycles. The zero-order valence-corrected chi connectivity index (χ0v) is 17.9. The van der Waals surface area contributed by atoms with Crippen LogP contribution in [0.2, 0.25) is 0 Å². The predicted octanol–water partition coefficient (Wildman–Crippen LogP) is 4.96. The van der Waals surface area contributed by atoms with Crippen molar-refractivity contribution in [2.75, 3.05) is 4.90 Å². The number of hydrogen-bond donors (Lipinski definition) is 2. The number of phenolic OH excluding ortho intramolecular Hbond substituents is 1. The van der Waals surface area contributed by atoms with Gasteiger partial charge in [0, 0.05) is 29.3 Å². The minimum atomic E-state index is -0.0707. The Labute approximate surface area is 177 Å². The van der Waals surface area contributed by atoms with Gasteiger partial charge in [-0.25, -0.2) is 0 Å². The second-order valence-electron chi connectivity index (χ2n) is 7.80. The summed E-state index contributed by atoms with van der Waals surface area (Å²) in [6, 6.07) is 15.7. The standard InChI is InChI=1S/C23H26N4OS/c1-14(2)26-15(3)13-19(16(26)4)22-21(20-7-5-6-12-24-20)25-23(29)27(22)17-8-10-18(28)11-9-17/h5-14,21-22,28H,1-4H3,(H,25,29)/t21-,22+/m0/s1. The summed E-state index contributed by atoms with van der Waals surface area (Å²) >= 11 is 5.76. The molecule has 6 heteroatoms. The molecule has 150 valence electrons. The number of nitrogens with one attached hydrogen (secondary N) is 1. The number of pyridine rings is 1. The highest BCUT2D eigenvalue weighted by atomic mass is 32.1. The quantitative estimate of drug-likeness (QED) is 0.600. The third kappa shape index (κ3) is 3.38. The van der Waals surface area contributed by atoms with Crippen molar-refractivity contribution in [2.45, 2.75) is 45.8 Å². The molecular weight excluding hydrogens is 380 g/mol. The molecule has 0 unspecified atom stereocenters. The Kier molecular flexibility index (Phi) is 5.04. The first kappa shape index (κ1) is 19.5. The van der Waals surface area contributed by atoms with Crippen LogP contribution in [0.25, 0.3) is 0 Å². The monoisotopic (exact) mass is 406 g/mol. The van der Waals surface area contributed by atoms with Crippen molar-refractivity contribution in [1.82, 2.24) is 14.9 Å². The van der Waals surface area contributed by atoms with Gasteiger partial charge < -0.3 is 19.9 Å². The molecule has 2 N–H and O–H groups in total. The smallest absolute Gasteiger partial charge is 0.174 e. The van der Waals surface area contributed by atoms with Gasteiger partial charge in [-0.3, -0.25) is 4.98 Å². The van der Waals surface area contributed by atoms with Crippen molar-refractivity contribution in [3.05, 3.63) is 77.4 Å². The highest BCUT2D eigenvalue weighted by molar-refractivity contribution is 7.80. The molecule has 3 heterocycles. The SMILES string of the molecule is Cc1cc([C@@H]2[C@H](c3ccccn3)NC(=S)N2c2ccc(O)cc2)c(C)n1C(C)C. The molecule has 0 aliphatic carbocycles. The van der Waals surface area contributed by atoms with Crippen LogP contribution in [0.3, 0.4) is 0 Å². The van der Waals surface area contributed by atoms with E-state index in [1.54, 1.807) is 12.1 Å². The van der Waals surface area contributed by atoms with Crippen molar-refractivity contribution in [3.63, 3.8) is 0 Å². The third-order valence-electron chi connectivity index (χ3n) is 5.58. The van der Waals surface area contributed by atoms with E-state index in [0.29, 0.717) is 11.2 Å². The lowest BCUT2D eigenvalue weighted by Crippen LogP contribution is -2.29. The summed E-state index contributed by atoms with van der Waals surface area (Å²) in [4.78, 5) is 6.75. The summed E-state index contributed by atoms with van der Waals surface area (Å²) in [6.07, 6.45) is 1.82. The van der Waals surface area contributed by atoms with Crippen molar-refractivity contribution in [2.24, 2.45) is 0 Å². The first-order chi connectivity index (χ1) is 13.9. The highest BCUT2D eigenvalue weighted by Gasteiger charge is 2.42. The lowest BCUT2D eigenvalue weighted by Gasteiger charge is -2.28. The number of aromatic nitrogens is 2. The van der Waals surface area contributed by atoms with Crippen LogP contribution in [0.4, 0.5) is 5.69 Å². The van der Waals surface area contributed by atoms with Gasteiger partial charge in [-0.2, -0.15) is 0 Å². The van der Waals surface area contributed by atoms with Gasteiger partial charge in [0.05, 0.1) is 17.8 Å². The molecule has 2 atom stereocenters. The summed E-state index contributed by atoms with van der Waals surface area (Å²) in [6.45, 7) is 8.73. The van der Waals surface area contributed by atoms with Crippen molar-refractivity contribution < 1.29 is 5.11 Å². The number of phenols is 1. The molecule has 1 aliphatic heterocycles. The van der Waals surface area contributed by atoms with E-state index in [-0.39, 0.29) is 17.8 Å². The van der Waals surface area contributed by atoms with Crippen LogP contribution in [0.1, 0.15) is 54.6 Å². The number of benzene rings is 1. The Morgan fingerprint density at radius 1 is 1.10 bits per heavy atom. The Morgan fingerprint density at radius 2 is 1.83 bits per heavy atom. The molecular formula is C23H26N4OS. The predicted molar refractivity (Wildman–Crippen MR) is 120 cm³/mol. The van der Waals surface area contributed by atoms with Crippen LogP contribution < -0.4 is 10.2 Å². The number of aryl methyl sites for hydroxylation is 1.